The zero-order valence-electron chi connectivity index (χ0n) is 14.5. The molecule has 0 saturated carbocycles. The number of benzene rings is 1. The number of nitrogens with zero attached hydrogens (tertiary/aromatic N) is 4. The predicted molar refractivity (Wildman–Crippen MR) is 102 cm³/mol. The molecule has 5 nitrogen and oxygen atoms in total. The molecule has 7 heteroatoms. The van der Waals surface area contributed by atoms with E-state index in [1.807, 2.05) is 6.92 Å². The molecule has 1 N–H and O–H groups in total. The maximum atomic E-state index is 6.25. The van der Waals surface area contributed by atoms with Crippen LogP contribution in [-0.4, -0.2) is 39.3 Å². The van der Waals surface area contributed by atoms with Gasteiger partial charge in [0.2, 0.25) is 0 Å². The third-order valence-corrected chi connectivity index (χ3v) is 5.65. The summed E-state index contributed by atoms with van der Waals surface area (Å²) in [6.07, 6.45) is 2.32. The topological polar surface area (TPSA) is 46.0 Å². The Bertz CT molecular complexity index is 722. The van der Waals surface area contributed by atoms with E-state index in [-0.39, 0.29) is 12.4 Å². The summed E-state index contributed by atoms with van der Waals surface area (Å²) in [6.45, 7) is 8.11. The standard InChI is InChI=1S/C18H24ClN5.ClH/c1-13-2-3-14(10-16(13)19)12-23-7-4-15(5-8-23)18-22-21-17-11-20-6-9-24(17)18;/h2-3,10,15,20H,4-9,11-12H2,1H3;1H. The van der Waals surface area contributed by atoms with Gasteiger partial charge in [-0.1, -0.05) is 23.7 Å². The Labute approximate surface area is 160 Å². The lowest BCUT2D eigenvalue weighted by molar-refractivity contribution is 0.199. The molecule has 0 aliphatic carbocycles. The molecular formula is C18H25Cl2N5. The number of halogens is 2. The highest BCUT2D eigenvalue weighted by Gasteiger charge is 2.26. The maximum Gasteiger partial charge on any atom is 0.147 e. The van der Waals surface area contributed by atoms with Gasteiger partial charge in [-0.2, -0.15) is 0 Å². The number of hydrogen-bond acceptors (Lipinski definition) is 4. The Kier molecular flexibility index (Phi) is 6.00. The molecule has 0 spiro atoms. The number of hydrogen-bond donors (Lipinski definition) is 1. The van der Waals surface area contributed by atoms with Crippen LogP contribution in [0.15, 0.2) is 18.2 Å². The minimum absolute atomic E-state index is 0. The molecule has 0 bridgehead atoms. The summed E-state index contributed by atoms with van der Waals surface area (Å²) in [7, 11) is 0. The third-order valence-electron chi connectivity index (χ3n) is 5.25. The Hall–Kier alpha value is -1.14. The minimum atomic E-state index is 0. The summed E-state index contributed by atoms with van der Waals surface area (Å²) in [5.41, 5.74) is 2.44. The molecule has 0 unspecified atom stereocenters. The van der Waals surface area contributed by atoms with Crippen LogP contribution >= 0.6 is 24.0 Å². The minimum Gasteiger partial charge on any atom is -0.312 e. The number of fused-ring (bicyclic) bond motifs is 1. The number of aromatic nitrogens is 3. The van der Waals surface area contributed by atoms with Crippen molar-refractivity contribution in [2.24, 2.45) is 0 Å². The molecule has 1 saturated heterocycles. The van der Waals surface area contributed by atoms with Crippen LogP contribution < -0.4 is 5.32 Å². The van der Waals surface area contributed by atoms with Crippen LogP contribution in [0.25, 0.3) is 0 Å². The predicted octanol–water partition coefficient (Wildman–Crippen LogP) is 3.14. The van der Waals surface area contributed by atoms with Crippen molar-refractivity contribution in [2.45, 2.75) is 45.3 Å². The highest BCUT2D eigenvalue weighted by molar-refractivity contribution is 6.31. The quantitative estimate of drug-likeness (QED) is 0.886. The molecular weight excluding hydrogens is 357 g/mol. The summed E-state index contributed by atoms with van der Waals surface area (Å²) < 4.78 is 2.33. The Morgan fingerprint density at radius 2 is 2.00 bits per heavy atom. The van der Waals surface area contributed by atoms with Crippen LogP contribution in [-0.2, 0) is 19.6 Å². The van der Waals surface area contributed by atoms with Gasteiger partial charge in [0.25, 0.3) is 0 Å². The number of piperidine rings is 1. The fraction of sp³-hybridized carbons (Fsp3) is 0.556. The molecule has 0 atom stereocenters. The van der Waals surface area contributed by atoms with Crippen LogP contribution in [0.4, 0.5) is 0 Å². The molecule has 2 aliphatic heterocycles. The first-order chi connectivity index (χ1) is 11.7. The number of rotatable bonds is 3. The highest BCUT2D eigenvalue weighted by atomic mass is 35.5. The van der Waals surface area contributed by atoms with Crippen molar-refractivity contribution in [3.8, 4) is 0 Å². The first-order valence-corrected chi connectivity index (χ1v) is 9.18. The van der Waals surface area contributed by atoms with E-state index in [0.717, 1.165) is 68.5 Å². The van der Waals surface area contributed by atoms with Crippen LogP contribution in [0.3, 0.4) is 0 Å². The average molecular weight is 382 g/mol. The van der Waals surface area contributed by atoms with Crippen molar-refractivity contribution in [1.82, 2.24) is 25.0 Å². The summed E-state index contributed by atoms with van der Waals surface area (Å²) in [4.78, 5) is 2.52. The van der Waals surface area contributed by atoms with Gasteiger partial charge in [0.15, 0.2) is 0 Å². The second-order valence-electron chi connectivity index (χ2n) is 6.94. The average Bonchev–Trinajstić information content (AvgIpc) is 3.03. The van der Waals surface area contributed by atoms with Gasteiger partial charge in [0.05, 0.1) is 6.54 Å². The molecule has 0 radical (unpaired) electrons. The summed E-state index contributed by atoms with van der Waals surface area (Å²) in [5.74, 6) is 2.83. The second-order valence-corrected chi connectivity index (χ2v) is 7.34. The van der Waals surface area contributed by atoms with Gasteiger partial charge < -0.3 is 9.88 Å². The molecule has 2 aliphatic rings. The van der Waals surface area contributed by atoms with Gasteiger partial charge in [-0.3, -0.25) is 4.90 Å². The van der Waals surface area contributed by atoms with Gasteiger partial charge in [-0.15, -0.1) is 22.6 Å². The molecule has 0 amide bonds. The molecule has 1 fully saturated rings. The molecule has 3 heterocycles. The van der Waals surface area contributed by atoms with Crippen LogP contribution in [0.2, 0.25) is 5.02 Å². The molecule has 4 rings (SSSR count). The van der Waals surface area contributed by atoms with Crippen LogP contribution in [0, 0.1) is 6.92 Å². The van der Waals surface area contributed by atoms with Crippen molar-refractivity contribution in [3.05, 3.63) is 46.0 Å². The first kappa shape index (κ1) is 18.6. The van der Waals surface area contributed by atoms with Crippen LogP contribution in [0.5, 0.6) is 0 Å². The largest absolute Gasteiger partial charge is 0.312 e. The van der Waals surface area contributed by atoms with Gasteiger partial charge in [0.1, 0.15) is 11.6 Å². The van der Waals surface area contributed by atoms with E-state index in [9.17, 15) is 0 Å². The normalized spacial score (nSPS) is 18.6. The Morgan fingerprint density at radius 3 is 2.76 bits per heavy atom. The first-order valence-electron chi connectivity index (χ1n) is 8.81. The number of aryl methyl sites for hydroxylation is 1. The monoisotopic (exact) mass is 381 g/mol. The summed E-state index contributed by atoms with van der Waals surface area (Å²) in [5, 5.41) is 13.1. The SMILES string of the molecule is Cc1ccc(CN2CCC(c3nnc4n3CCNC4)CC2)cc1Cl.Cl. The second kappa shape index (κ2) is 8.04. The van der Waals surface area contributed by atoms with Crippen molar-refractivity contribution < 1.29 is 0 Å². The highest BCUT2D eigenvalue weighted by Crippen LogP contribution is 2.29. The molecule has 1 aromatic carbocycles. The lowest BCUT2D eigenvalue weighted by Crippen LogP contribution is -2.34. The van der Waals surface area contributed by atoms with Gasteiger partial charge >= 0.3 is 0 Å². The molecule has 1 aromatic heterocycles. The van der Waals surface area contributed by atoms with E-state index in [1.165, 1.54) is 11.4 Å². The fourth-order valence-corrected chi connectivity index (χ4v) is 3.96. The Balaban J connectivity index is 0.00000182. The number of likely N-dealkylation sites (tertiary alicyclic amines) is 1. The van der Waals surface area contributed by atoms with Gasteiger partial charge in [-0.25, -0.2) is 0 Å². The smallest absolute Gasteiger partial charge is 0.147 e. The van der Waals surface area contributed by atoms with E-state index >= 15 is 0 Å². The zero-order chi connectivity index (χ0) is 16.5. The van der Waals surface area contributed by atoms with Crippen LogP contribution in [0.1, 0.15) is 41.5 Å². The lowest BCUT2D eigenvalue weighted by Gasteiger charge is -2.32. The van der Waals surface area contributed by atoms with Crippen molar-refractivity contribution >= 4 is 24.0 Å². The number of nitrogens with one attached hydrogen (secondary N) is 1. The molecule has 136 valence electrons. The third kappa shape index (κ3) is 4.00. The van der Waals surface area contributed by atoms with Crippen molar-refractivity contribution in [1.29, 1.82) is 0 Å². The Morgan fingerprint density at radius 1 is 1.20 bits per heavy atom. The zero-order valence-corrected chi connectivity index (χ0v) is 16.1. The van der Waals surface area contributed by atoms with Gasteiger partial charge in [-0.05, 0) is 50.0 Å². The lowest BCUT2D eigenvalue weighted by atomic mass is 9.95. The molecule has 2 aromatic rings. The summed E-state index contributed by atoms with van der Waals surface area (Å²) >= 11 is 6.25. The van der Waals surface area contributed by atoms with E-state index in [2.05, 4.69) is 43.2 Å². The van der Waals surface area contributed by atoms with E-state index in [4.69, 9.17) is 11.6 Å². The van der Waals surface area contributed by atoms with Crippen molar-refractivity contribution in [3.63, 3.8) is 0 Å². The van der Waals surface area contributed by atoms with E-state index in [0.29, 0.717) is 5.92 Å². The maximum absolute atomic E-state index is 6.25. The molecule has 25 heavy (non-hydrogen) atoms. The van der Waals surface area contributed by atoms with E-state index < -0.39 is 0 Å². The van der Waals surface area contributed by atoms with Crippen molar-refractivity contribution in [2.75, 3.05) is 19.6 Å². The van der Waals surface area contributed by atoms with Gasteiger partial charge in [0, 0.05) is 30.6 Å². The van der Waals surface area contributed by atoms with E-state index in [1.54, 1.807) is 0 Å². The summed E-state index contributed by atoms with van der Waals surface area (Å²) in [6, 6.07) is 6.40. The fourth-order valence-electron chi connectivity index (χ4n) is 3.76.